The van der Waals surface area contributed by atoms with Gasteiger partial charge in [0.15, 0.2) is 11.4 Å². The predicted molar refractivity (Wildman–Crippen MR) is 75.1 cm³/mol. The molecule has 1 rings (SSSR count). The van der Waals surface area contributed by atoms with Gasteiger partial charge < -0.3 is 4.90 Å². The van der Waals surface area contributed by atoms with Crippen LogP contribution in [-0.2, 0) is 0 Å². The molecule has 0 saturated carbocycles. The van der Waals surface area contributed by atoms with Crippen LogP contribution < -0.4 is 10.2 Å². The fourth-order valence-corrected chi connectivity index (χ4v) is 1.91. The molecule has 6 heteroatoms. The van der Waals surface area contributed by atoms with Crippen LogP contribution >= 0.6 is 23.4 Å². The van der Waals surface area contributed by atoms with Crippen LogP contribution in [0.25, 0.3) is 0 Å². The monoisotopic (exact) mass is 268 g/mol. The maximum absolute atomic E-state index is 8.53. The van der Waals surface area contributed by atoms with Gasteiger partial charge in [-0.1, -0.05) is 23.4 Å². The topological polar surface area (TPSA) is 51.4 Å². The minimum Gasteiger partial charge on any atom is -0.376 e. The van der Waals surface area contributed by atoms with Gasteiger partial charge in [-0.3, -0.25) is 5.32 Å². The van der Waals surface area contributed by atoms with E-state index < -0.39 is 0 Å². The standard InChI is InChI=1S/C11H13ClN4S/c1-16(2)10-5-4-8(6-9(10)12)15-11(17-3)14-7-13/h4-6H,1-3H3,(H,14,15). The van der Waals surface area contributed by atoms with Crippen molar-refractivity contribution in [3.63, 3.8) is 0 Å². The second-order valence-electron chi connectivity index (χ2n) is 3.39. The summed E-state index contributed by atoms with van der Waals surface area (Å²) < 4.78 is 0. The molecule has 0 amide bonds. The molecule has 0 radical (unpaired) electrons. The Morgan fingerprint density at radius 1 is 1.53 bits per heavy atom. The Kier molecular flexibility index (Phi) is 5.13. The molecule has 0 fully saturated rings. The highest BCUT2D eigenvalue weighted by molar-refractivity contribution is 8.13. The van der Waals surface area contributed by atoms with Gasteiger partial charge in [0.2, 0.25) is 0 Å². The Morgan fingerprint density at radius 2 is 2.24 bits per heavy atom. The van der Waals surface area contributed by atoms with Gasteiger partial charge in [0.25, 0.3) is 0 Å². The lowest BCUT2D eigenvalue weighted by atomic mass is 10.2. The zero-order chi connectivity index (χ0) is 12.8. The average Bonchev–Trinajstić information content (AvgIpc) is 2.28. The maximum atomic E-state index is 8.53. The molecule has 0 aliphatic carbocycles. The van der Waals surface area contributed by atoms with E-state index in [1.54, 1.807) is 6.07 Å². The summed E-state index contributed by atoms with van der Waals surface area (Å²) in [5.74, 6) is 0. The largest absolute Gasteiger partial charge is 0.376 e. The Hall–Kier alpha value is -1.38. The lowest BCUT2D eigenvalue weighted by Crippen LogP contribution is -2.12. The molecule has 0 unspecified atom stereocenters. The van der Waals surface area contributed by atoms with Crippen molar-refractivity contribution in [2.45, 2.75) is 0 Å². The van der Waals surface area contributed by atoms with E-state index in [0.29, 0.717) is 15.9 Å². The van der Waals surface area contributed by atoms with Gasteiger partial charge in [-0.25, -0.2) is 4.99 Å². The van der Waals surface area contributed by atoms with E-state index in [0.717, 1.165) is 5.69 Å². The second-order valence-corrected chi connectivity index (χ2v) is 4.59. The second kappa shape index (κ2) is 6.38. The molecule has 0 aromatic heterocycles. The fraction of sp³-hybridized carbons (Fsp3) is 0.273. The van der Waals surface area contributed by atoms with E-state index in [2.05, 4.69) is 10.3 Å². The maximum Gasteiger partial charge on any atom is 0.183 e. The lowest BCUT2D eigenvalue weighted by molar-refractivity contribution is 1.13. The van der Waals surface area contributed by atoms with Crippen LogP contribution in [0.1, 0.15) is 0 Å². The quantitative estimate of drug-likeness (QED) is 0.388. The Balaban J connectivity index is 3.02. The van der Waals surface area contributed by atoms with Gasteiger partial charge in [-0.15, -0.1) is 0 Å². The molecule has 90 valence electrons. The van der Waals surface area contributed by atoms with Crippen molar-refractivity contribution in [1.82, 2.24) is 5.32 Å². The normalized spacial score (nSPS) is 10.9. The minimum absolute atomic E-state index is 0.543. The van der Waals surface area contributed by atoms with Crippen LogP contribution in [-0.4, -0.2) is 25.5 Å². The molecular formula is C11H13ClN4S. The van der Waals surface area contributed by atoms with Crippen molar-refractivity contribution in [3.05, 3.63) is 23.2 Å². The van der Waals surface area contributed by atoms with E-state index in [9.17, 15) is 0 Å². The molecular weight excluding hydrogens is 256 g/mol. The highest BCUT2D eigenvalue weighted by Gasteiger charge is 2.04. The van der Waals surface area contributed by atoms with Gasteiger partial charge in [-0.05, 0) is 24.5 Å². The van der Waals surface area contributed by atoms with Crippen molar-refractivity contribution in [1.29, 1.82) is 5.26 Å². The molecule has 1 aromatic carbocycles. The average molecular weight is 269 g/mol. The summed E-state index contributed by atoms with van der Waals surface area (Å²) in [7, 11) is 3.85. The molecule has 17 heavy (non-hydrogen) atoms. The van der Waals surface area contributed by atoms with Crippen LogP contribution in [0.3, 0.4) is 0 Å². The smallest absolute Gasteiger partial charge is 0.183 e. The number of nitriles is 1. The van der Waals surface area contributed by atoms with Crippen LogP contribution in [0, 0.1) is 11.5 Å². The van der Waals surface area contributed by atoms with Crippen molar-refractivity contribution in [2.24, 2.45) is 4.99 Å². The SMILES string of the molecule is CSC(=Nc1ccc(N(C)C)c(Cl)c1)NC#N. The molecule has 0 aliphatic rings. The third kappa shape index (κ3) is 3.84. The van der Waals surface area contributed by atoms with Gasteiger partial charge in [0, 0.05) is 14.1 Å². The molecule has 1 aromatic rings. The first-order valence-corrected chi connectivity index (χ1v) is 6.43. The highest BCUT2D eigenvalue weighted by atomic mass is 35.5. The number of amidine groups is 1. The number of hydrogen-bond acceptors (Lipinski definition) is 4. The summed E-state index contributed by atoms with van der Waals surface area (Å²) in [6.07, 6.45) is 3.69. The Morgan fingerprint density at radius 3 is 2.71 bits per heavy atom. The minimum atomic E-state index is 0.543. The van der Waals surface area contributed by atoms with Gasteiger partial charge in [-0.2, -0.15) is 5.26 Å². The summed E-state index contributed by atoms with van der Waals surface area (Å²) in [5, 5.41) is 12.2. The number of anilines is 1. The van der Waals surface area contributed by atoms with Gasteiger partial charge in [0.05, 0.1) is 16.4 Å². The Bertz CT molecular complexity index is 465. The number of hydrogen-bond donors (Lipinski definition) is 1. The zero-order valence-electron chi connectivity index (χ0n) is 9.86. The van der Waals surface area contributed by atoms with Crippen molar-refractivity contribution in [3.8, 4) is 6.19 Å². The molecule has 1 N–H and O–H groups in total. The predicted octanol–water partition coefficient (Wildman–Crippen LogP) is 2.83. The van der Waals surface area contributed by atoms with E-state index >= 15 is 0 Å². The first-order chi connectivity index (χ1) is 8.08. The summed E-state index contributed by atoms with van der Waals surface area (Å²) in [6, 6.07) is 5.52. The van der Waals surface area contributed by atoms with Crippen LogP contribution in [0.15, 0.2) is 23.2 Å². The van der Waals surface area contributed by atoms with Gasteiger partial charge in [0.1, 0.15) is 0 Å². The molecule has 0 heterocycles. The molecule has 0 saturated heterocycles. The van der Waals surface area contributed by atoms with Crippen LogP contribution in [0.2, 0.25) is 5.02 Å². The van der Waals surface area contributed by atoms with Crippen molar-refractivity contribution < 1.29 is 0 Å². The first-order valence-electron chi connectivity index (χ1n) is 4.83. The summed E-state index contributed by atoms with van der Waals surface area (Å²) in [4.78, 5) is 6.20. The van der Waals surface area contributed by atoms with Crippen molar-refractivity contribution >= 4 is 39.9 Å². The summed E-state index contributed by atoms with van der Waals surface area (Å²) in [5.41, 5.74) is 1.65. The van der Waals surface area contributed by atoms with E-state index in [1.165, 1.54) is 11.8 Å². The third-order valence-corrected chi connectivity index (χ3v) is 2.88. The number of aliphatic imine (C=N–C) groups is 1. The van der Waals surface area contributed by atoms with E-state index in [-0.39, 0.29) is 0 Å². The Labute approximate surface area is 110 Å². The molecule has 0 aliphatic heterocycles. The summed E-state index contributed by atoms with van der Waals surface area (Å²) >= 11 is 7.49. The highest BCUT2D eigenvalue weighted by Crippen LogP contribution is 2.29. The number of nitrogens with one attached hydrogen (secondary N) is 1. The molecule has 0 atom stereocenters. The lowest BCUT2D eigenvalue weighted by Gasteiger charge is -2.14. The van der Waals surface area contributed by atoms with Gasteiger partial charge >= 0.3 is 0 Å². The number of nitrogens with zero attached hydrogens (tertiary/aromatic N) is 3. The molecule has 0 spiro atoms. The van der Waals surface area contributed by atoms with Crippen LogP contribution in [0.4, 0.5) is 11.4 Å². The number of rotatable bonds is 2. The zero-order valence-corrected chi connectivity index (χ0v) is 11.4. The number of thioether (sulfide) groups is 1. The third-order valence-electron chi connectivity index (χ3n) is 2.00. The van der Waals surface area contributed by atoms with E-state index in [1.807, 2.05) is 43.6 Å². The number of benzene rings is 1. The molecule has 0 bridgehead atoms. The van der Waals surface area contributed by atoms with E-state index in [4.69, 9.17) is 16.9 Å². The van der Waals surface area contributed by atoms with Crippen molar-refractivity contribution in [2.75, 3.05) is 25.3 Å². The first kappa shape index (κ1) is 13.7. The fourth-order valence-electron chi connectivity index (χ4n) is 1.22. The van der Waals surface area contributed by atoms with Crippen LogP contribution in [0.5, 0.6) is 0 Å². The summed E-state index contributed by atoms with van der Waals surface area (Å²) in [6.45, 7) is 0. The molecule has 4 nitrogen and oxygen atoms in total. The number of halogens is 1.